The van der Waals surface area contributed by atoms with Crippen LogP contribution in [0.2, 0.25) is 5.02 Å². The van der Waals surface area contributed by atoms with Crippen LogP contribution in [-0.2, 0) is 13.1 Å². The van der Waals surface area contributed by atoms with Gasteiger partial charge in [0.25, 0.3) is 0 Å². The monoisotopic (exact) mass is 254 g/mol. The normalized spacial score (nSPS) is 10.8. The quantitative estimate of drug-likeness (QED) is 0.911. The summed E-state index contributed by atoms with van der Waals surface area (Å²) < 4.78 is 18.1. The smallest absolute Gasteiger partial charge is 0.142 e. The van der Waals surface area contributed by atoms with Crippen molar-refractivity contribution in [3.63, 3.8) is 0 Å². The van der Waals surface area contributed by atoms with E-state index in [1.54, 1.807) is 12.1 Å². The molecule has 0 aliphatic carbocycles. The molecule has 17 heavy (non-hydrogen) atoms. The van der Waals surface area contributed by atoms with Gasteiger partial charge in [0.15, 0.2) is 0 Å². The zero-order chi connectivity index (χ0) is 12.3. The Balaban J connectivity index is 1.92. The Bertz CT molecular complexity index is 513. The molecule has 2 rings (SSSR count). The van der Waals surface area contributed by atoms with E-state index < -0.39 is 5.82 Å². The van der Waals surface area contributed by atoms with Crippen LogP contribution in [0, 0.1) is 12.7 Å². The van der Waals surface area contributed by atoms with Crippen LogP contribution in [-0.4, -0.2) is 5.16 Å². The molecule has 1 N–H and O–H groups in total. The summed E-state index contributed by atoms with van der Waals surface area (Å²) in [6.45, 7) is 2.88. The molecule has 0 aliphatic rings. The van der Waals surface area contributed by atoms with Crippen molar-refractivity contribution in [3.05, 3.63) is 52.1 Å². The van der Waals surface area contributed by atoms with Crippen LogP contribution < -0.4 is 5.32 Å². The molecule has 0 unspecified atom stereocenters. The number of benzene rings is 1. The number of nitrogens with one attached hydrogen (secondary N) is 1. The van der Waals surface area contributed by atoms with Gasteiger partial charge < -0.3 is 9.84 Å². The van der Waals surface area contributed by atoms with Gasteiger partial charge in [-0.15, -0.1) is 0 Å². The minimum atomic E-state index is -0.400. The standard InChI is InChI=1S/C12H12ClFN2O/c1-8-5-10(16-17-8)7-15-6-9-3-2-4-11(14)12(9)13/h2-5,15H,6-7H2,1H3. The molecular formula is C12H12ClFN2O. The Hall–Kier alpha value is -1.39. The first-order valence-corrected chi connectivity index (χ1v) is 5.60. The Kier molecular flexibility index (Phi) is 3.76. The maximum Gasteiger partial charge on any atom is 0.142 e. The second-order valence-corrected chi connectivity index (χ2v) is 4.12. The van der Waals surface area contributed by atoms with E-state index in [0.29, 0.717) is 13.1 Å². The van der Waals surface area contributed by atoms with Crippen molar-refractivity contribution in [3.8, 4) is 0 Å². The van der Waals surface area contributed by atoms with Crippen LogP contribution in [0.15, 0.2) is 28.8 Å². The molecule has 90 valence electrons. The minimum absolute atomic E-state index is 0.163. The topological polar surface area (TPSA) is 38.1 Å². The molecule has 0 atom stereocenters. The zero-order valence-electron chi connectivity index (χ0n) is 9.34. The first-order valence-electron chi connectivity index (χ1n) is 5.22. The van der Waals surface area contributed by atoms with E-state index in [1.807, 2.05) is 13.0 Å². The molecule has 0 fully saturated rings. The summed E-state index contributed by atoms with van der Waals surface area (Å²) in [5.74, 6) is 0.369. The van der Waals surface area contributed by atoms with Gasteiger partial charge in [-0.1, -0.05) is 28.9 Å². The van der Waals surface area contributed by atoms with E-state index in [0.717, 1.165) is 17.0 Å². The van der Waals surface area contributed by atoms with Gasteiger partial charge in [0.1, 0.15) is 11.6 Å². The lowest BCUT2D eigenvalue weighted by Crippen LogP contribution is -2.13. The van der Waals surface area contributed by atoms with E-state index in [9.17, 15) is 4.39 Å². The summed E-state index contributed by atoms with van der Waals surface area (Å²) in [6, 6.07) is 6.61. The number of hydrogen-bond donors (Lipinski definition) is 1. The maximum atomic E-state index is 13.1. The summed E-state index contributed by atoms with van der Waals surface area (Å²) in [7, 11) is 0. The second-order valence-electron chi connectivity index (χ2n) is 3.75. The number of halogens is 2. The molecule has 0 spiro atoms. The highest BCUT2D eigenvalue weighted by atomic mass is 35.5. The molecule has 0 bridgehead atoms. The summed E-state index contributed by atoms with van der Waals surface area (Å²) in [4.78, 5) is 0. The third kappa shape index (κ3) is 3.05. The Morgan fingerprint density at radius 1 is 1.41 bits per heavy atom. The number of aryl methyl sites for hydroxylation is 1. The summed E-state index contributed by atoms with van der Waals surface area (Å²) >= 11 is 5.83. The van der Waals surface area contributed by atoms with Crippen molar-refractivity contribution < 1.29 is 8.91 Å². The van der Waals surface area contributed by atoms with Gasteiger partial charge >= 0.3 is 0 Å². The van der Waals surface area contributed by atoms with Gasteiger partial charge in [0.2, 0.25) is 0 Å². The van der Waals surface area contributed by atoms with Crippen LogP contribution in [0.4, 0.5) is 4.39 Å². The number of nitrogens with zero attached hydrogens (tertiary/aromatic N) is 1. The molecule has 2 aromatic rings. The minimum Gasteiger partial charge on any atom is -0.361 e. The molecule has 1 aromatic carbocycles. The first-order chi connectivity index (χ1) is 8.16. The van der Waals surface area contributed by atoms with E-state index >= 15 is 0 Å². The van der Waals surface area contributed by atoms with E-state index in [4.69, 9.17) is 16.1 Å². The first kappa shape index (κ1) is 12.1. The number of hydrogen-bond acceptors (Lipinski definition) is 3. The van der Waals surface area contributed by atoms with Gasteiger partial charge in [-0.05, 0) is 18.6 Å². The highest BCUT2D eigenvalue weighted by molar-refractivity contribution is 6.31. The van der Waals surface area contributed by atoms with Crippen molar-refractivity contribution >= 4 is 11.6 Å². The summed E-state index contributed by atoms with van der Waals surface area (Å²) in [5, 5.41) is 7.13. The Morgan fingerprint density at radius 2 is 2.24 bits per heavy atom. The third-order valence-corrected chi connectivity index (χ3v) is 2.75. The van der Waals surface area contributed by atoms with Crippen LogP contribution in [0.1, 0.15) is 17.0 Å². The molecule has 1 aromatic heterocycles. The van der Waals surface area contributed by atoms with Crippen LogP contribution in [0.3, 0.4) is 0 Å². The molecule has 3 nitrogen and oxygen atoms in total. The predicted octanol–water partition coefficient (Wildman–Crippen LogP) is 3.07. The van der Waals surface area contributed by atoms with Crippen molar-refractivity contribution in [1.29, 1.82) is 0 Å². The molecule has 0 amide bonds. The summed E-state index contributed by atoms with van der Waals surface area (Å²) in [5.41, 5.74) is 1.54. The summed E-state index contributed by atoms with van der Waals surface area (Å²) in [6.07, 6.45) is 0. The molecule has 1 heterocycles. The van der Waals surface area contributed by atoms with Gasteiger partial charge in [-0.3, -0.25) is 0 Å². The Labute approximate surface area is 104 Å². The highest BCUT2D eigenvalue weighted by Gasteiger charge is 2.05. The van der Waals surface area contributed by atoms with Crippen molar-refractivity contribution in [2.24, 2.45) is 0 Å². The van der Waals surface area contributed by atoms with Crippen LogP contribution >= 0.6 is 11.6 Å². The van der Waals surface area contributed by atoms with Crippen molar-refractivity contribution in [1.82, 2.24) is 10.5 Å². The number of rotatable bonds is 4. The molecule has 5 heteroatoms. The van der Waals surface area contributed by atoms with E-state index in [-0.39, 0.29) is 5.02 Å². The molecule has 0 saturated carbocycles. The van der Waals surface area contributed by atoms with Crippen molar-refractivity contribution in [2.75, 3.05) is 0 Å². The lowest BCUT2D eigenvalue weighted by atomic mass is 10.2. The molecule has 0 radical (unpaired) electrons. The second kappa shape index (κ2) is 5.29. The molecule has 0 saturated heterocycles. The van der Waals surface area contributed by atoms with Gasteiger partial charge in [-0.25, -0.2) is 4.39 Å². The largest absolute Gasteiger partial charge is 0.361 e. The van der Waals surface area contributed by atoms with Crippen LogP contribution in [0.5, 0.6) is 0 Å². The van der Waals surface area contributed by atoms with Crippen LogP contribution in [0.25, 0.3) is 0 Å². The fraction of sp³-hybridized carbons (Fsp3) is 0.250. The number of aromatic nitrogens is 1. The van der Waals surface area contributed by atoms with Gasteiger partial charge in [-0.2, -0.15) is 0 Å². The van der Waals surface area contributed by atoms with E-state index in [1.165, 1.54) is 6.07 Å². The van der Waals surface area contributed by atoms with Crippen molar-refractivity contribution in [2.45, 2.75) is 20.0 Å². The third-order valence-electron chi connectivity index (χ3n) is 2.33. The SMILES string of the molecule is Cc1cc(CNCc2cccc(F)c2Cl)no1. The molecule has 0 aliphatic heterocycles. The Morgan fingerprint density at radius 3 is 2.94 bits per heavy atom. The lowest BCUT2D eigenvalue weighted by Gasteiger charge is -2.05. The van der Waals surface area contributed by atoms with Gasteiger partial charge in [0, 0.05) is 19.2 Å². The average Bonchev–Trinajstić information content (AvgIpc) is 2.70. The molecular weight excluding hydrogens is 243 g/mol. The van der Waals surface area contributed by atoms with E-state index in [2.05, 4.69) is 10.5 Å². The average molecular weight is 255 g/mol. The predicted molar refractivity (Wildman–Crippen MR) is 63.2 cm³/mol. The highest BCUT2D eigenvalue weighted by Crippen LogP contribution is 2.19. The van der Waals surface area contributed by atoms with Gasteiger partial charge in [0.05, 0.1) is 10.7 Å². The zero-order valence-corrected chi connectivity index (χ0v) is 10.1. The lowest BCUT2D eigenvalue weighted by molar-refractivity contribution is 0.388. The maximum absolute atomic E-state index is 13.1. The fourth-order valence-corrected chi connectivity index (χ4v) is 1.70. The fourth-order valence-electron chi connectivity index (χ4n) is 1.51.